The highest BCUT2D eigenvalue weighted by atomic mass is 19.2. The Morgan fingerprint density at radius 3 is 2.41 bits per heavy atom. The Morgan fingerprint density at radius 2 is 1.52 bits per heavy atom. The van der Waals surface area contributed by atoms with Crippen LogP contribution in [0.3, 0.4) is 0 Å². The summed E-state index contributed by atoms with van der Waals surface area (Å²) < 4.78 is 68.2. The van der Waals surface area contributed by atoms with Crippen molar-refractivity contribution in [3.8, 4) is 28.7 Å². The molecule has 1 amide bonds. The standard InChI is InChI=1S/C32H19F3N2O7/c33-21-2-1-3-25-29(21)37(20-6-4-17-10-11-41-44-26(17)15-20)28(30(34)43-25)18-5-8-23-22(14-18)36(32(38)31(35)42-23)19-7-9-24-27(16-19)40-13-12-39-24/h1-16,28,30-31H. The van der Waals surface area contributed by atoms with Gasteiger partial charge in [-0.15, -0.1) is 0 Å². The van der Waals surface area contributed by atoms with Gasteiger partial charge in [0.05, 0.1) is 11.4 Å². The van der Waals surface area contributed by atoms with Crippen molar-refractivity contribution in [3.63, 3.8) is 0 Å². The second-order valence-corrected chi connectivity index (χ2v) is 10.0. The van der Waals surface area contributed by atoms with Crippen LogP contribution in [0.25, 0.3) is 6.08 Å². The fourth-order valence-electron chi connectivity index (χ4n) is 5.59. The van der Waals surface area contributed by atoms with Crippen molar-refractivity contribution in [1.29, 1.82) is 0 Å². The van der Waals surface area contributed by atoms with E-state index in [-0.39, 0.29) is 34.1 Å². The molecule has 0 saturated heterocycles. The van der Waals surface area contributed by atoms with Crippen molar-refractivity contribution >= 4 is 34.7 Å². The minimum atomic E-state index is -2.29. The van der Waals surface area contributed by atoms with Crippen LogP contribution in [-0.4, -0.2) is 18.6 Å². The van der Waals surface area contributed by atoms with Gasteiger partial charge in [0.15, 0.2) is 23.1 Å². The lowest BCUT2D eigenvalue weighted by Crippen LogP contribution is -2.42. The Labute approximate surface area is 247 Å². The zero-order chi connectivity index (χ0) is 29.9. The van der Waals surface area contributed by atoms with Gasteiger partial charge in [-0.25, -0.2) is 4.39 Å². The first-order valence-corrected chi connectivity index (χ1v) is 13.4. The highest BCUT2D eigenvalue weighted by Crippen LogP contribution is 2.51. The highest BCUT2D eigenvalue weighted by molar-refractivity contribution is 6.05. The second kappa shape index (κ2) is 9.90. The SMILES string of the molecule is O=C1C(F)Oc2ccc(C3C(F)Oc4cccc(F)c4N3c3ccc4c(c3)OOC=C4)cc2N1c1ccc2c(c1)OC=CO2. The number of hydrogen-bond donors (Lipinski definition) is 0. The normalized spacial score (nSPS) is 20.8. The Balaban J connectivity index is 1.28. The van der Waals surface area contributed by atoms with Gasteiger partial charge in [0.25, 0.3) is 6.36 Å². The third kappa shape index (κ3) is 4.06. The van der Waals surface area contributed by atoms with E-state index < -0.39 is 30.5 Å². The molecule has 44 heavy (non-hydrogen) atoms. The van der Waals surface area contributed by atoms with Crippen LogP contribution in [0.15, 0.2) is 91.6 Å². The molecule has 4 aliphatic heterocycles. The fraction of sp³-hybridized carbons (Fsp3) is 0.0938. The minimum absolute atomic E-state index is 0.00719. The molecule has 4 aromatic rings. The lowest BCUT2D eigenvalue weighted by molar-refractivity contribution is -0.151. The first-order chi connectivity index (χ1) is 21.5. The van der Waals surface area contributed by atoms with Gasteiger partial charge in [0, 0.05) is 23.4 Å². The maximum absolute atomic E-state index is 16.1. The zero-order valence-electron chi connectivity index (χ0n) is 22.4. The molecule has 12 heteroatoms. The van der Waals surface area contributed by atoms with Crippen LogP contribution >= 0.6 is 0 Å². The predicted molar refractivity (Wildman–Crippen MR) is 150 cm³/mol. The molecule has 0 aliphatic carbocycles. The number of alkyl halides is 2. The molecule has 0 saturated carbocycles. The van der Waals surface area contributed by atoms with Crippen LogP contribution in [-0.2, 0) is 9.68 Å². The zero-order valence-corrected chi connectivity index (χ0v) is 22.4. The molecule has 0 spiro atoms. The number of hydrogen-bond acceptors (Lipinski definition) is 8. The summed E-state index contributed by atoms with van der Waals surface area (Å²) >= 11 is 0. The lowest BCUT2D eigenvalue weighted by Gasteiger charge is -2.41. The van der Waals surface area contributed by atoms with Crippen molar-refractivity contribution in [3.05, 3.63) is 109 Å². The first kappa shape index (κ1) is 25.9. The molecule has 3 atom stereocenters. The number of benzene rings is 4. The largest absolute Gasteiger partial charge is 0.458 e. The second-order valence-electron chi connectivity index (χ2n) is 10.0. The van der Waals surface area contributed by atoms with Crippen molar-refractivity contribution in [2.45, 2.75) is 18.8 Å². The van der Waals surface area contributed by atoms with Crippen LogP contribution in [0.1, 0.15) is 17.2 Å². The highest BCUT2D eigenvalue weighted by Gasteiger charge is 2.42. The maximum Gasteiger partial charge on any atom is 0.317 e. The maximum atomic E-state index is 16.1. The van der Waals surface area contributed by atoms with E-state index in [1.807, 2.05) is 0 Å². The van der Waals surface area contributed by atoms with Crippen molar-refractivity contribution in [2.75, 3.05) is 9.80 Å². The molecule has 0 radical (unpaired) electrons. The average molecular weight is 601 g/mol. The van der Waals surface area contributed by atoms with Gasteiger partial charge in [-0.2, -0.15) is 8.78 Å². The topological polar surface area (TPSA) is 78.9 Å². The molecular weight excluding hydrogens is 581 g/mol. The number of nitrogens with zero attached hydrogens (tertiary/aromatic N) is 2. The van der Waals surface area contributed by atoms with Gasteiger partial charge in [0.2, 0.25) is 0 Å². The van der Waals surface area contributed by atoms with E-state index in [0.29, 0.717) is 28.5 Å². The molecule has 220 valence electrons. The third-order valence-corrected chi connectivity index (χ3v) is 7.51. The van der Waals surface area contributed by atoms with Crippen LogP contribution in [0.4, 0.5) is 35.9 Å². The van der Waals surface area contributed by atoms with Crippen LogP contribution in [0.5, 0.6) is 28.7 Å². The number of rotatable bonds is 3. The molecular formula is C32H19F3N2O7. The number of carbonyl (C=O) groups excluding carboxylic acids is 1. The Bertz CT molecular complexity index is 1900. The number of anilines is 4. The Morgan fingerprint density at radius 1 is 0.727 bits per heavy atom. The monoisotopic (exact) mass is 600 g/mol. The van der Waals surface area contributed by atoms with E-state index in [0.717, 1.165) is 4.90 Å². The number of amides is 1. The summed E-state index contributed by atoms with van der Waals surface area (Å²) in [6.07, 6.45) is 1.44. The van der Waals surface area contributed by atoms with E-state index in [4.69, 9.17) is 28.7 Å². The van der Waals surface area contributed by atoms with E-state index in [1.165, 1.54) is 66.2 Å². The molecule has 3 unspecified atom stereocenters. The number of carbonyl (C=O) groups is 1. The summed E-state index contributed by atoms with van der Waals surface area (Å²) in [6, 6.07) is 16.9. The number of para-hydroxylation sites is 1. The molecule has 0 aromatic heterocycles. The van der Waals surface area contributed by atoms with E-state index in [1.54, 1.807) is 36.4 Å². The minimum Gasteiger partial charge on any atom is -0.458 e. The molecule has 0 bridgehead atoms. The number of fused-ring (bicyclic) bond motifs is 4. The lowest BCUT2D eigenvalue weighted by atomic mass is 9.98. The molecule has 4 heterocycles. The Hall–Kier alpha value is -5.78. The molecule has 0 N–H and O–H groups in total. The summed E-state index contributed by atoms with van der Waals surface area (Å²) in [5.41, 5.74) is 1.72. The van der Waals surface area contributed by atoms with E-state index in [9.17, 15) is 9.18 Å². The van der Waals surface area contributed by atoms with Crippen molar-refractivity contribution < 1.29 is 46.7 Å². The quantitative estimate of drug-likeness (QED) is 0.227. The Kier molecular flexibility index (Phi) is 5.83. The molecule has 9 nitrogen and oxygen atoms in total. The summed E-state index contributed by atoms with van der Waals surface area (Å²) in [4.78, 5) is 26.0. The van der Waals surface area contributed by atoms with Crippen molar-refractivity contribution in [2.24, 2.45) is 0 Å². The van der Waals surface area contributed by atoms with Gasteiger partial charge in [0.1, 0.15) is 42.0 Å². The average Bonchev–Trinajstić information content (AvgIpc) is 3.04. The molecule has 0 fully saturated rings. The number of halogens is 3. The summed E-state index contributed by atoms with van der Waals surface area (Å²) in [7, 11) is 0. The molecule has 8 rings (SSSR count). The summed E-state index contributed by atoms with van der Waals surface area (Å²) in [5.74, 6) is -0.604. The summed E-state index contributed by atoms with van der Waals surface area (Å²) in [6.45, 7) is 0. The van der Waals surface area contributed by atoms with Gasteiger partial charge >= 0.3 is 12.3 Å². The fourth-order valence-corrected chi connectivity index (χ4v) is 5.59. The third-order valence-electron chi connectivity index (χ3n) is 7.51. The molecule has 4 aromatic carbocycles. The van der Waals surface area contributed by atoms with E-state index in [2.05, 4.69) is 0 Å². The summed E-state index contributed by atoms with van der Waals surface area (Å²) in [5, 5.41) is 0. The predicted octanol–water partition coefficient (Wildman–Crippen LogP) is 7.28. The van der Waals surface area contributed by atoms with Gasteiger partial charge < -0.3 is 23.8 Å². The van der Waals surface area contributed by atoms with Crippen molar-refractivity contribution in [1.82, 2.24) is 0 Å². The van der Waals surface area contributed by atoms with Gasteiger partial charge in [-0.05, 0) is 60.2 Å². The first-order valence-electron chi connectivity index (χ1n) is 13.4. The van der Waals surface area contributed by atoms with E-state index >= 15 is 8.78 Å². The number of ether oxygens (including phenoxy) is 4. The van der Waals surface area contributed by atoms with Crippen LogP contribution in [0, 0.1) is 5.82 Å². The molecule has 4 aliphatic rings. The van der Waals surface area contributed by atoms with Crippen LogP contribution < -0.4 is 33.6 Å². The van der Waals surface area contributed by atoms with Crippen LogP contribution in [0.2, 0.25) is 0 Å². The van der Waals surface area contributed by atoms with Gasteiger partial charge in [-0.3, -0.25) is 19.5 Å². The van der Waals surface area contributed by atoms with Gasteiger partial charge in [-0.1, -0.05) is 12.1 Å². The smallest absolute Gasteiger partial charge is 0.317 e.